The highest BCUT2D eigenvalue weighted by molar-refractivity contribution is 6.40. The fourth-order valence-corrected chi connectivity index (χ4v) is 14.2. The number of carbonyl (C=O) groups is 7. The van der Waals surface area contributed by atoms with Gasteiger partial charge in [-0.2, -0.15) is 0 Å². The number of benzene rings is 11. The summed E-state index contributed by atoms with van der Waals surface area (Å²) in [5.74, 6) is -2.60. The number of unbranched alkanes of at least 4 members (excludes halogenated alkanes) is 1. The first-order chi connectivity index (χ1) is 50.2. The van der Waals surface area contributed by atoms with Gasteiger partial charge in [0.15, 0.2) is 0 Å². The number of esters is 3. The Balaban J connectivity index is 0.000000148. The van der Waals surface area contributed by atoms with Crippen LogP contribution in [-0.4, -0.2) is 97.5 Å². The molecule has 4 amide bonds. The van der Waals surface area contributed by atoms with E-state index in [4.69, 9.17) is 63.1 Å². The molecule has 0 atom stereocenters. The number of halogens is 2. The number of fused-ring (bicyclic) bond motifs is 4. The van der Waals surface area contributed by atoms with E-state index < -0.39 is 17.9 Å². The molecule has 0 radical (unpaired) electrons. The van der Waals surface area contributed by atoms with Gasteiger partial charge in [-0.1, -0.05) is 152 Å². The smallest absolute Gasteiger partial charge is 0.344 e. The van der Waals surface area contributed by atoms with E-state index in [1.165, 1.54) is 21.6 Å². The van der Waals surface area contributed by atoms with E-state index in [-0.39, 0.29) is 54.5 Å². The van der Waals surface area contributed by atoms with Crippen molar-refractivity contribution in [1.82, 2.24) is 29.7 Å². The largest absolute Gasteiger partial charge is 0.462 e. The number of carbonyl (C=O) groups excluding carboxylic acids is 7. The lowest BCUT2D eigenvalue weighted by atomic mass is 9.86. The molecule has 19 heteroatoms. The molecule has 0 saturated carbocycles. The third-order valence-corrected chi connectivity index (χ3v) is 19.4. The first-order valence-electron chi connectivity index (χ1n) is 33.7. The summed E-state index contributed by atoms with van der Waals surface area (Å²) in [5, 5.41) is 8.51. The second kappa shape index (κ2) is 28.1. The van der Waals surface area contributed by atoms with Crippen LogP contribution in [0.1, 0.15) is 115 Å². The lowest BCUT2D eigenvalue weighted by Crippen LogP contribution is -2.41. The van der Waals surface area contributed by atoms with Crippen LogP contribution >= 0.6 is 23.2 Å². The SMILES string of the molecule is CCCCOC(=O)c1cnc2c3ccc(C(=O)Oc4ccc(Cl)cc4)c4c(C)cnc(c5ccc(C(=O)Oc6ccc(Cl)cc6)c1c52)c43.NCCc1ccccc1.O=C1c2ccc3c4ncc5c6c(ccc(c7ncc(c2c37)C(=O)N1CCc1ccccc1)c64)C(=O)N(CCc1ccccc1)C5=O. The quantitative estimate of drug-likeness (QED) is 0.0237. The molecule has 2 aliphatic heterocycles. The zero-order valence-corrected chi connectivity index (χ0v) is 57.2. The summed E-state index contributed by atoms with van der Waals surface area (Å²) in [7, 11) is 0. The number of nitrogens with zero attached hydrogens (tertiary/aromatic N) is 6. The predicted molar refractivity (Wildman–Crippen MR) is 399 cm³/mol. The number of imide groups is 2. The minimum atomic E-state index is -0.670. The third-order valence-electron chi connectivity index (χ3n) is 18.9. The third kappa shape index (κ3) is 12.3. The number of hydrogen-bond donors (Lipinski definition) is 1. The van der Waals surface area contributed by atoms with Gasteiger partial charge >= 0.3 is 17.9 Å². The molecule has 103 heavy (non-hydrogen) atoms. The molecule has 0 unspecified atom stereocenters. The molecule has 0 saturated heterocycles. The molecular formula is C84H61Cl2N7O10. The highest BCUT2D eigenvalue weighted by Crippen LogP contribution is 2.46. The number of aromatic nitrogens is 4. The Morgan fingerprint density at radius 1 is 0.398 bits per heavy atom. The van der Waals surface area contributed by atoms with Crippen molar-refractivity contribution in [3.8, 4) is 11.5 Å². The van der Waals surface area contributed by atoms with Gasteiger partial charge < -0.3 is 19.9 Å². The zero-order chi connectivity index (χ0) is 71.2. The van der Waals surface area contributed by atoms with E-state index >= 15 is 0 Å². The molecule has 6 heterocycles. The number of pyridine rings is 4. The van der Waals surface area contributed by atoms with E-state index in [0.717, 1.165) is 36.1 Å². The highest BCUT2D eigenvalue weighted by atomic mass is 35.5. The Hall–Kier alpha value is -12.2. The van der Waals surface area contributed by atoms with Crippen molar-refractivity contribution >= 4 is 151 Å². The van der Waals surface area contributed by atoms with Crippen LogP contribution in [-0.2, 0) is 24.0 Å². The summed E-state index contributed by atoms with van der Waals surface area (Å²) >= 11 is 12.0. The summed E-state index contributed by atoms with van der Waals surface area (Å²) in [5.41, 5.74) is 14.1. The van der Waals surface area contributed by atoms with Crippen molar-refractivity contribution in [2.75, 3.05) is 26.2 Å². The Morgan fingerprint density at radius 2 is 0.777 bits per heavy atom. The lowest BCUT2D eigenvalue weighted by molar-refractivity contribution is 0.0499. The van der Waals surface area contributed by atoms with E-state index in [1.807, 2.05) is 105 Å². The van der Waals surface area contributed by atoms with Gasteiger partial charge in [-0.05, 0) is 134 Å². The molecule has 0 spiro atoms. The summed E-state index contributed by atoms with van der Waals surface area (Å²) in [6.07, 6.45) is 9.82. The fraction of sp³-hybridized carbons (Fsp3) is 0.131. The van der Waals surface area contributed by atoms with Crippen molar-refractivity contribution in [2.24, 2.45) is 5.73 Å². The highest BCUT2D eigenvalue weighted by Gasteiger charge is 2.38. The van der Waals surface area contributed by atoms with Gasteiger partial charge in [0, 0.05) is 124 Å². The number of rotatable bonds is 16. The maximum Gasteiger partial charge on any atom is 0.344 e. The van der Waals surface area contributed by atoms with E-state index in [9.17, 15) is 33.6 Å². The monoisotopic (exact) mass is 1400 g/mol. The van der Waals surface area contributed by atoms with E-state index in [0.29, 0.717) is 155 Å². The number of hydrogen-bond acceptors (Lipinski definition) is 15. The van der Waals surface area contributed by atoms with Crippen molar-refractivity contribution in [3.63, 3.8) is 0 Å². The van der Waals surface area contributed by atoms with Crippen molar-refractivity contribution in [2.45, 2.75) is 46.0 Å². The first-order valence-corrected chi connectivity index (χ1v) is 34.4. The molecule has 15 aromatic rings. The van der Waals surface area contributed by atoms with Gasteiger partial charge in [-0.3, -0.25) is 48.9 Å². The molecule has 4 aromatic heterocycles. The molecular weight excluding hydrogens is 1340 g/mol. The summed E-state index contributed by atoms with van der Waals surface area (Å²) in [6.45, 7) is 5.35. The van der Waals surface area contributed by atoms with Crippen LogP contribution in [0.15, 0.2) is 213 Å². The van der Waals surface area contributed by atoms with Crippen LogP contribution in [0.25, 0.3) is 86.7 Å². The molecule has 11 aromatic carbocycles. The maximum atomic E-state index is 13.8. The fourth-order valence-electron chi connectivity index (χ4n) is 14.0. The number of amides is 4. The molecule has 17 nitrogen and oxygen atoms in total. The van der Waals surface area contributed by atoms with Gasteiger partial charge in [-0.15, -0.1) is 0 Å². The second-order valence-electron chi connectivity index (χ2n) is 25.2. The van der Waals surface area contributed by atoms with Crippen LogP contribution in [0, 0.1) is 6.92 Å². The normalized spacial score (nSPS) is 12.6. The molecule has 0 aliphatic carbocycles. The standard InChI is InChI=1S/C38H26Cl2N2O6.C38H24N4O4.C8H11N/c1-3-4-17-46-36(43)29-19-42-35-25-13-15-27(37(44)47-23-9-5-21(39)6-10-23)30-20(2)18-41-34(32(25)30)26-14-16-28(31(29)33(26)35)38(45)48-24-11-7-22(40)8-12-24;43-35-25-13-11-23-31-29(25)27(37(45)41(35)17-15-21-7-3-1-4-8-21)19-39-33(31)24-12-14-26-30-28(20-40-34(23)32(24)30)38(46)42(36(26)44)18-16-22-9-5-2-6-10-22;9-7-6-8-4-2-1-3-5-8/h5-16,18-19H,3-4,17H2,1-2H3;1-14,19-20H,15-18H2;1-5H,6-7,9H2. The van der Waals surface area contributed by atoms with Gasteiger partial charge in [0.05, 0.1) is 56.5 Å². The molecule has 0 fully saturated rings. The lowest BCUT2D eigenvalue weighted by Gasteiger charge is -2.29. The molecule has 0 bridgehead atoms. The van der Waals surface area contributed by atoms with Gasteiger partial charge in [0.25, 0.3) is 23.6 Å². The average Bonchev–Trinajstić information content (AvgIpc) is 0.692. The molecule has 506 valence electrons. The average molecular weight is 1400 g/mol. The Labute approximate surface area is 599 Å². The van der Waals surface area contributed by atoms with Crippen LogP contribution in [0.5, 0.6) is 11.5 Å². The maximum absolute atomic E-state index is 13.8. The molecule has 17 rings (SSSR count). The topological polar surface area (TPSA) is 231 Å². The van der Waals surface area contributed by atoms with E-state index in [1.54, 1.807) is 104 Å². The van der Waals surface area contributed by atoms with Crippen LogP contribution in [0.3, 0.4) is 0 Å². The van der Waals surface area contributed by atoms with Crippen LogP contribution < -0.4 is 15.2 Å². The zero-order valence-electron chi connectivity index (χ0n) is 55.7. The number of nitrogens with two attached hydrogens (primary N) is 1. The summed E-state index contributed by atoms with van der Waals surface area (Å²) < 4.78 is 17.0. The number of aryl methyl sites for hydroxylation is 1. The van der Waals surface area contributed by atoms with E-state index in [2.05, 4.69) is 12.1 Å². The van der Waals surface area contributed by atoms with Crippen molar-refractivity contribution in [1.29, 1.82) is 0 Å². The predicted octanol–water partition coefficient (Wildman–Crippen LogP) is 16.9. The Morgan fingerprint density at radius 3 is 1.21 bits per heavy atom. The Kier molecular flexibility index (Phi) is 18.2. The minimum absolute atomic E-state index is 0.129. The molecule has 2 N–H and O–H groups in total. The van der Waals surface area contributed by atoms with Gasteiger partial charge in [0.2, 0.25) is 0 Å². The van der Waals surface area contributed by atoms with Crippen LogP contribution in [0.2, 0.25) is 10.0 Å². The second-order valence-corrected chi connectivity index (χ2v) is 26.1. The van der Waals surface area contributed by atoms with Crippen molar-refractivity contribution < 1.29 is 47.8 Å². The molecule has 2 aliphatic rings. The summed E-state index contributed by atoms with van der Waals surface area (Å²) in [6, 6.07) is 56.8. The summed E-state index contributed by atoms with van der Waals surface area (Å²) in [4.78, 5) is 118. The van der Waals surface area contributed by atoms with Crippen LogP contribution in [0.4, 0.5) is 0 Å². The minimum Gasteiger partial charge on any atom is -0.462 e. The van der Waals surface area contributed by atoms with Crippen molar-refractivity contribution in [3.05, 3.63) is 284 Å². The number of ether oxygens (including phenoxy) is 3. The Bertz CT molecular complexity index is 5610. The first kappa shape index (κ1) is 66.7. The van der Waals surface area contributed by atoms with Gasteiger partial charge in [-0.25, -0.2) is 14.4 Å². The van der Waals surface area contributed by atoms with Gasteiger partial charge in [0.1, 0.15) is 11.5 Å².